The van der Waals surface area contributed by atoms with E-state index in [-0.39, 0.29) is 0 Å². The third kappa shape index (κ3) is 6.00. The Hall–Kier alpha value is -1.18. The Morgan fingerprint density at radius 3 is 2.33 bits per heavy atom. The minimum Gasteiger partial charge on any atom is -0.390 e. The molecule has 2 N–H and O–H groups in total. The molecular weight excluding hydrogens is 208 g/mol. The molecule has 2 atom stereocenters. The molecule has 0 rings (SSSR count). The Labute approximate surface area is 86.4 Å². The summed E-state index contributed by atoms with van der Waals surface area (Å²) in [4.78, 5) is 29.0. The zero-order valence-electron chi connectivity index (χ0n) is 8.72. The Balaban J connectivity index is 3.88. The first-order chi connectivity index (χ1) is 6.75. The van der Waals surface area contributed by atoms with E-state index in [1.807, 2.05) is 0 Å². The van der Waals surface area contributed by atoms with Crippen LogP contribution in [0.2, 0.25) is 0 Å². The van der Waals surface area contributed by atoms with E-state index in [9.17, 15) is 14.7 Å². The van der Waals surface area contributed by atoms with Crippen molar-refractivity contribution in [2.75, 3.05) is 0 Å². The van der Waals surface area contributed by atoms with E-state index in [1.54, 1.807) is 0 Å². The van der Waals surface area contributed by atoms with Crippen LogP contribution in [0.4, 0.5) is 0 Å². The fraction of sp³-hybridized carbons (Fsp3) is 0.750. The topological polar surface area (TPSA) is 102 Å². The molecule has 0 aliphatic rings. The van der Waals surface area contributed by atoms with E-state index < -0.39 is 30.1 Å². The average Bonchev–Trinajstić information content (AvgIpc) is 2.01. The number of hydrogen-bond donors (Lipinski definition) is 2. The summed E-state index contributed by atoms with van der Waals surface area (Å²) in [6.45, 7) is 3.63. The number of carbonyl (C=O) groups is 2. The maximum Gasteiger partial charge on any atom is 0.349 e. The monoisotopic (exact) mass is 222 g/mol. The van der Waals surface area contributed by atoms with E-state index in [1.165, 1.54) is 13.8 Å². The van der Waals surface area contributed by atoms with Gasteiger partial charge >= 0.3 is 11.9 Å². The van der Waals surface area contributed by atoms with E-state index in [2.05, 4.69) is 14.8 Å². The minimum atomic E-state index is -1.63. The summed E-state index contributed by atoms with van der Waals surface area (Å²) in [6, 6.07) is 0. The molecule has 0 aromatic rings. The molecule has 0 aromatic heterocycles. The van der Waals surface area contributed by atoms with Crippen LogP contribution in [0.15, 0.2) is 0 Å². The number of carbonyl (C=O) groups excluding carboxylic acids is 2. The number of aliphatic hydroxyl groups is 2. The van der Waals surface area contributed by atoms with Crippen molar-refractivity contribution in [2.45, 2.75) is 38.9 Å². The highest BCUT2D eigenvalue weighted by Crippen LogP contribution is 2.15. The second kappa shape index (κ2) is 5.64. The lowest BCUT2D eigenvalue weighted by molar-refractivity contribution is -0.459. The average molecular weight is 222 g/mol. The maximum atomic E-state index is 10.9. The van der Waals surface area contributed by atoms with Gasteiger partial charge in [-0.3, -0.25) is 9.78 Å². The van der Waals surface area contributed by atoms with Crippen LogP contribution >= 0.6 is 0 Å². The first-order valence-corrected chi connectivity index (χ1v) is 4.20. The predicted octanol–water partition coefficient (Wildman–Crippen LogP) is -0.539. The van der Waals surface area contributed by atoms with Crippen LogP contribution in [-0.2, 0) is 24.4 Å². The smallest absolute Gasteiger partial charge is 0.349 e. The fourth-order valence-corrected chi connectivity index (χ4v) is 0.572. The van der Waals surface area contributed by atoms with Gasteiger partial charge in [0.2, 0.25) is 0 Å². The standard InChI is InChI=1S/C8H14O7/c1-5(9)8(3,12)4-7(11)14-15-13-6(2)10/h5,9,12H,4H2,1-3H3. The van der Waals surface area contributed by atoms with Gasteiger partial charge in [0.1, 0.15) is 0 Å². The molecule has 0 saturated carbocycles. The summed E-state index contributed by atoms with van der Waals surface area (Å²) in [5, 5.41) is 22.3. The van der Waals surface area contributed by atoms with Crippen molar-refractivity contribution in [2.24, 2.45) is 0 Å². The number of hydrogen-bond acceptors (Lipinski definition) is 7. The van der Waals surface area contributed by atoms with Crippen LogP contribution < -0.4 is 0 Å². The van der Waals surface area contributed by atoms with E-state index in [4.69, 9.17) is 5.11 Å². The zero-order chi connectivity index (χ0) is 12.1. The first-order valence-electron chi connectivity index (χ1n) is 4.20. The van der Waals surface area contributed by atoms with Gasteiger partial charge in [0.05, 0.1) is 18.1 Å². The lowest BCUT2D eigenvalue weighted by atomic mass is 9.97. The van der Waals surface area contributed by atoms with Crippen molar-refractivity contribution in [3.05, 3.63) is 0 Å². The second-order valence-corrected chi connectivity index (χ2v) is 3.31. The summed E-state index contributed by atoms with van der Waals surface area (Å²) in [7, 11) is 0. The third-order valence-corrected chi connectivity index (χ3v) is 1.68. The van der Waals surface area contributed by atoms with Crippen molar-refractivity contribution in [1.29, 1.82) is 0 Å². The van der Waals surface area contributed by atoms with Crippen LogP contribution in [0.25, 0.3) is 0 Å². The molecule has 88 valence electrons. The molecule has 0 spiro atoms. The van der Waals surface area contributed by atoms with Gasteiger partial charge in [0.15, 0.2) is 0 Å². The molecule has 2 unspecified atom stereocenters. The normalized spacial score (nSPS) is 16.3. The molecule has 0 radical (unpaired) electrons. The minimum absolute atomic E-state index is 0.494. The van der Waals surface area contributed by atoms with Crippen molar-refractivity contribution in [1.82, 2.24) is 0 Å². The summed E-state index contributed by atoms with van der Waals surface area (Å²) in [6.07, 6.45) is -1.61. The SMILES string of the molecule is CC(=O)OOOC(=O)CC(C)(O)C(C)O. The Morgan fingerprint density at radius 2 is 1.93 bits per heavy atom. The molecule has 0 aliphatic heterocycles. The Kier molecular flexibility index (Phi) is 5.20. The quantitative estimate of drug-likeness (QED) is 0.475. The highest BCUT2D eigenvalue weighted by Gasteiger charge is 2.31. The molecule has 7 nitrogen and oxygen atoms in total. The molecule has 7 heteroatoms. The predicted molar refractivity (Wildman–Crippen MR) is 45.9 cm³/mol. The third-order valence-electron chi connectivity index (χ3n) is 1.68. The first kappa shape index (κ1) is 13.8. The number of aliphatic hydroxyl groups excluding tert-OH is 1. The van der Waals surface area contributed by atoms with Gasteiger partial charge in [0, 0.05) is 12.0 Å². The van der Waals surface area contributed by atoms with Crippen LogP contribution in [0.5, 0.6) is 0 Å². The maximum absolute atomic E-state index is 10.9. The van der Waals surface area contributed by atoms with Crippen molar-refractivity contribution < 1.29 is 34.6 Å². The molecule has 15 heavy (non-hydrogen) atoms. The van der Waals surface area contributed by atoms with Gasteiger partial charge in [-0.05, 0) is 13.8 Å². The van der Waals surface area contributed by atoms with Gasteiger partial charge in [-0.15, -0.1) is 0 Å². The van der Waals surface area contributed by atoms with Crippen LogP contribution in [0.3, 0.4) is 0 Å². The van der Waals surface area contributed by atoms with Crippen molar-refractivity contribution >= 4 is 11.9 Å². The van der Waals surface area contributed by atoms with E-state index >= 15 is 0 Å². The summed E-state index contributed by atoms with van der Waals surface area (Å²) in [5.41, 5.74) is -1.63. The molecule has 0 fully saturated rings. The van der Waals surface area contributed by atoms with Crippen molar-refractivity contribution in [3.63, 3.8) is 0 Å². The van der Waals surface area contributed by atoms with Gasteiger partial charge in [-0.1, -0.05) is 0 Å². The largest absolute Gasteiger partial charge is 0.390 e. The van der Waals surface area contributed by atoms with Crippen LogP contribution in [0.1, 0.15) is 27.2 Å². The highest BCUT2D eigenvalue weighted by molar-refractivity contribution is 5.70. The lowest BCUT2D eigenvalue weighted by Crippen LogP contribution is -2.39. The lowest BCUT2D eigenvalue weighted by Gasteiger charge is -2.24. The molecule has 0 aliphatic carbocycles. The van der Waals surface area contributed by atoms with Gasteiger partial charge in [-0.2, -0.15) is 0 Å². The van der Waals surface area contributed by atoms with Gasteiger partial charge in [0.25, 0.3) is 0 Å². The molecule has 0 saturated heterocycles. The fourth-order valence-electron chi connectivity index (χ4n) is 0.572. The molecular formula is C8H14O7. The molecule has 0 heterocycles. The summed E-state index contributed by atoms with van der Waals surface area (Å²) in [5.74, 6) is -1.76. The van der Waals surface area contributed by atoms with E-state index in [0.29, 0.717) is 0 Å². The Morgan fingerprint density at radius 1 is 1.40 bits per heavy atom. The number of rotatable bonds is 5. The second-order valence-electron chi connectivity index (χ2n) is 3.31. The van der Waals surface area contributed by atoms with Crippen LogP contribution in [0, 0.1) is 0 Å². The van der Waals surface area contributed by atoms with Crippen LogP contribution in [-0.4, -0.2) is 33.9 Å². The highest BCUT2D eigenvalue weighted by atomic mass is 17.5. The molecule has 0 bridgehead atoms. The van der Waals surface area contributed by atoms with E-state index in [0.717, 1.165) is 6.92 Å². The summed E-state index contributed by atoms with van der Waals surface area (Å²) >= 11 is 0. The Bertz CT molecular complexity index is 233. The summed E-state index contributed by atoms with van der Waals surface area (Å²) < 4.78 is 0. The molecule has 0 aromatic carbocycles. The van der Waals surface area contributed by atoms with Gasteiger partial charge < -0.3 is 10.2 Å². The zero-order valence-corrected chi connectivity index (χ0v) is 8.72. The van der Waals surface area contributed by atoms with Gasteiger partial charge in [-0.25, -0.2) is 9.59 Å². The van der Waals surface area contributed by atoms with Crippen molar-refractivity contribution in [3.8, 4) is 0 Å². The molecule has 0 amide bonds.